The highest BCUT2D eigenvalue weighted by Gasteiger charge is 2.22. The van der Waals surface area contributed by atoms with E-state index in [0.29, 0.717) is 5.03 Å². The summed E-state index contributed by atoms with van der Waals surface area (Å²) < 4.78 is 32.4. The van der Waals surface area contributed by atoms with Crippen LogP contribution in [-0.2, 0) is 14.8 Å². The maximum Gasteiger partial charge on any atom is 0.264 e. The van der Waals surface area contributed by atoms with Gasteiger partial charge in [-0.2, -0.15) is 0 Å². The molecule has 1 aromatic carbocycles. The fourth-order valence-corrected chi connectivity index (χ4v) is 4.19. The second-order valence-corrected chi connectivity index (χ2v) is 8.12. The van der Waals surface area contributed by atoms with Gasteiger partial charge in [-0.05, 0) is 12.1 Å². The molecule has 140 valence electrons. The zero-order valence-corrected chi connectivity index (χ0v) is 16.8. The molecule has 0 saturated heterocycles. The van der Waals surface area contributed by atoms with Crippen LogP contribution < -0.4 is 14.8 Å². The Morgan fingerprint density at radius 2 is 2.08 bits per heavy atom. The van der Waals surface area contributed by atoms with Gasteiger partial charge in [-0.25, -0.2) is 18.4 Å². The number of halogens is 2. The van der Waals surface area contributed by atoms with Crippen LogP contribution in [0, 0.1) is 0 Å². The van der Waals surface area contributed by atoms with Crippen molar-refractivity contribution in [1.29, 1.82) is 0 Å². The molecule has 0 atom stereocenters. The highest BCUT2D eigenvalue weighted by molar-refractivity contribution is 7.99. The average Bonchev–Trinajstić information content (AvgIpc) is 2.62. The van der Waals surface area contributed by atoms with Gasteiger partial charge in [0.2, 0.25) is 11.7 Å². The fraction of sp³-hybridized carbons (Fsp3) is 0.214. The topological polar surface area (TPSA) is 110 Å². The Morgan fingerprint density at radius 3 is 2.73 bits per heavy atom. The largest absolute Gasteiger partial charge is 0.478 e. The highest BCUT2D eigenvalue weighted by atomic mass is 35.5. The van der Waals surface area contributed by atoms with Gasteiger partial charge in [0.25, 0.3) is 15.9 Å². The number of methoxy groups -OCH3 is 1. The normalized spacial score (nSPS) is 11.1. The van der Waals surface area contributed by atoms with Crippen LogP contribution in [0.25, 0.3) is 0 Å². The lowest BCUT2D eigenvalue weighted by molar-refractivity contribution is -0.118. The number of benzene rings is 1. The summed E-state index contributed by atoms with van der Waals surface area (Å²) in [7, 11) is -1.22. The van der Waals surface area contributed by atoms with Gasteiger partial charge in [-0.1, -0.05) is 41.0 Å². The van der Waals surface area contributed by atoms with E-state index in [1.54, 1.807) is 0 Å². The Morgan fingerprint density at radius 1 is 1.35 bits per heavy atom. The van der Waals surface area contributed by atoms with Crippen molar-refractivity contribution in [1.82, 2.24) is 15.3 Å². The summed E-state index contributed by atoms with van der Waals surface area (Å²) in [5.74, 6) is -0.213. The lowest BCUT2D eigenvalue weighted by atomic mass is 10.4. The third-order valence-electron chi connectivity index (χ3n) is 2.98. The number of thioether (sulfide) groups is 1. The van der Waals surface area contributed by atoms with E-state index < -0.39 is 10.0 Å². The van der Waals surface area contributed by atoms with Gasteiger partial charge < -0.3 is 10.1 Å². The predicted molar refractivity (Wildman–Crippen MR) is 101 cm³/mol. The fourth-order valence-electron chi connectivity index (χ4n) is 1.72. The number of hydrogen-bond donors (Lipinski definition) is 2. The molecule has 0 unspecified atom stereocenters. The maximum absolute atomic E-state index is 12.5. The first kappa shape index (κ1) is 20.6. The van der Waals surface area contributed by atoms with Crippen LogP contribution in [0.5, 0.6) is 5.88 Å². The van der Waals surface area contributed by atoms with Gasteiger partial charge in [0.15, 0.2) is 0 Å². The summed E-state index contributed by atoms with van der Waals surface area (Å²) in [6.07, 6.45) is 1.33. The van der Waals surface area contributed by atoms with Crippen molar-refractivity contribution < 1.29 is 17.9 Å². The molecule has 0 aliphatic carbocycles. The van der Waals surface area contributed by atoms with E-state index in [1.165, 1.54) is 38.6 Å². The number of anilines is 1. The second-order valence-electron chi connectivity index (χ2n) is 4.69. The van der Waals surface area contributed by atoms with Gasteiger partial charge in [0.1, 0.15) is 9.92 Å². The number of nitrogens with zero attached hydrogens (tertiary/aromatic N) is 2. The van der Waals surface area contributed by atoms with E-state index in [1.807, 2.05) is 0 Å². The van der Waals surface area contributed by atoms with Crippen LogP contribution in [0.15, 0.2) is 34.3 Å². The molecule has 1 heterocycles. The van der Waals surface area contributed by atoms with Gasteiger partial charge in [0.05, 0.1) is 29.1 Å². The first-order chi connectivity index (χ1) is 12.3. The Hall–Kier alpha value is -1.75. The molecule has 8 nitrogen and oxygen atoms in total. The first-order valence-electron chi connectivity index (χ1n) is 6.99. The van der Waals surface area contributed by atoms with Crippen molar-refractivity contribution in [2.75, 3.05) is 24.6 Å². The molecule has 1 aromatic heterocycles. The molecule has 2 rings (SSSR count). The van der Waals surface area contributed by atoms with Crippen LogP contribution in [-0.4, -0.2) is 44.2 Å². The van der Waals surface area contributed by atoms with E-state index >= 15 is 0 Å². The first-order valence-corrected chi connectivity index (χ1v) is 10.2. The van der Waals surface area contributed by atoms with Crippen molar-refractivity contribution in [3.8, 4) is 5.88 Å². The number of hydrogen-bond acceptors (Lipinski definition) is 7. The molecule has 0 bridgehead atoms. The molecule has 1 amide bonds. The minimum absolute atomic E-state index is 0.0476. The molecule has 0 saturated carbocycles. The van der Waals surface area contributed by atoms with Gasteiger partial charge in [-0.15, -0.1) is 0 Å². The molecule has 0 fully saturated rings. The average molecular weight is 437 g/mol. The minimum Gasteiger partial charge on any atom is -0.478 e. The van der Waals surface area contributed by atoms with Crippen molar-refractivity contribution >= 4 is 56.7 Å². The van der Waals surface area contributed by atoms with Crippen molar-refractivity contribution in [3.63, 3.8) is 0 Å². The molecular weight excluding hydrogens is 423 g/mol. The summed E-state index contributed by atoms with van der Waals surface area (Å²) in [5.41, 5.74) is 0. The highest BCUT2D eigenvalue weighted by Crippen LogP contribution is 2.31. The molecule has 0 aliphatic rings. The maximum atomic E-state index is 12.5. The van der Waals surface area contributed by atoms with Crippen molar-refractivity contribution in [3.05, 3.63) is 34.4 Å². The minimum atomic E-state index is -4.06. The molecule has 2 N–H and O–H groups in total. The number of carbonyl (C=O) groups excluding carboxylic acids is 1. The molecule has 0 radical (unpaired) electrons. The van der Waals surface area contributed by atoms with E-state index in [4.69, 9.17) is 27.9 Å². The number of nitrogens with one attached hydrogen (secondary N) is 2. The number of sulfonamides is 1. The van der Waals surface area contributed by atoms with Crippen LogP contribution in [0.2, 0.25) is 10.0 Å². The van der Waals surface area contributed by atoms with Crippen LogP contribution >= 0.6 is 35.0 Å². The van der Waals surface area contributed by atoms with Gasteiger partial charge in [0, 0.05) is 7.05 Å². The number of carbonyl (C=O) groups is 1. The zero-order valence-electron chi connectivity index (χ0n) is 13.6. The number of aromatic nitrogens is 2. The van der Waals surface area contributed by atoms with Crippen molar-refractivity contribution in [2.45, 2.75) is 9.92 Å². The molecule has 2 aromatic rings. The van der Waals surface area contributed by atoms with Crippen LogP contribution in [0.4, 0.5) is 5.82 Å². The van der Waals surface area contributed by atoms with E-state index in [0.717, 1.165) is 11.8 Å². The Kier molecular flexibility index (Phi) is 6.93. The number of ether oxygens (including phenoxy) is 1. The Balaban J connectivity index is 2.28. The molecular formula is C14H14Cl2N4O4S2. The van der Waals surface area contributed by atoms with Gasteiger partial charge >= 0.3 is 0 Å². The van der Waals surface area contributed by atoms with Crippen molar-refractivity contribution in [2.24, 2.45) is 0 Å². The summed E-state index contributed by atoms with van der Waals surface area (Å²) in [6, 6.07) is 4.25. The summed E-state index contributed by atoms with van der Waals surface area (Å²) >= 11 is 13.0. The molecule has 0 aliphatic heterocycles. The quantitative estimate of drug-likeness (QED) is 0.640. The van der Waals surface area contributed by atoms with Gasteiger partial charge in [-0.3, -0.25) is 9.52 Å². The molecule has 12 heteroatoms. The summed E-state index contributed by atoms with van der Waals surface area (Å²) in [4.78, 5) is 19.2. The standard InChI is InChI=1S/C14H14Cl2N4O4S2/c1-17-10(21)7-25-11-6-18-13(14(19-11)24-2)20-26(22,23)9-5-3-4-8(15)12(9)16/h3-6H,7H2,1-2H3,(H,17,21)(H,18,20). The Labute approximate surface area is 164 Å². The zero-order chi connectivity index (χ0) is 19.3. The second kappa shape index (κ2) is 8.76. The Bertz CT molecular complexity index is 925. The predicted octanol–water partition coefficient (Wildman–Crippen LogP) is 2.43. The summed E-state index contributed by atoms with van der Waals surface area (Å²) in [5, 5.41) is 2.88. The third kappa shape index (κ3) is 4.91. The van der Waals surface area contributed by atoms with E-state index in [-0.39, 0.29) is 38.3 Å². The monoisotopic (exact) mass is 436 g/mol. The third-order valence-corrected chi connectivity index (χ3v) is 6.19. The SMILES string of the molecule is CNC(=O)CSc1cnc(NS(=O)(=O)c2cccc(Cl)c2Cl)c(OC)n1. The molecule has 0 spiro atoms. The van der Waals surface area contributed by atoms with E-state index in [2.05, 4.69) is 20.0 Å². The number of rotatable bonds is 7. The summed E-state index contributed by atoms with van der Waals surface area (Å²) in [6.45, 7) is 0. The lowest BCUT2D eigenvalue weighted by Crippen LogP contribution is -2.20. The number of amides is 1. The molecule has 26 heavy (non-hydrogen) atoms. The van der Waals surface area contributed by atoms with Crippen LogP contribution in [0.3, 0.4) is 0 Å². The van der Waals surface area contributed by atoms with E-state index in [9.17, 15) is 13.2 Å². The lowest BCUT2D eigenvalue weighted by Gasteiger charge is -2.12. The van der Waals surface area contributed by atoms with Crippen LogP contribution in [0.1, 0.15) is 0 Å². The smallest absolute Gasteiger partial charge is 0.264 e.